The number of aliphatic carboxylic acids is 2. The van der Waals surface area contributed by atoms with Gasteiger partial charge in [-0.3, -0.25) is 33.6 Å². The minimum Gasteiger partial charge on any atom is -0.508 e. The first-order valence-electron chi connectivity index (χ1n) is 25.0. The molecule has 378 valence electrons. The zero-order valence-corrected chi connectivity index (χ0v) is 40.2. The van der Waals surface area contributed by atoms with Gasteiger partial charge in [0.05, 0.1) is 0 Å². The number of hydrogen-bond acceptors (Lipinski definition) is 9. The van der Waals surface area contributed by atoms with E-state index in [1.165, 1.54) is 57.1 Å². The van der Waals surface area contributed by atoms with Crippen molar-refractivity contribution in [3.63, 3.8) is 0 Å². The van der Waals surface area contributed by atoms with Crippen LogP contribution in [0.5, 0.6) is 5.75 Å². The van der Waals surface area contributed by atoms with E-state index in [0.717, 1.165) is 44.1 Å². The van der Waals surface area contributed by atoms with E-state index in [0.29, 0.717) is 70.9 Å². The van der Waals surface area contributed by atoms with Gasteiger partial charge < -0.3 is 37.0 Å². The highest BCUT2D eigenvalue weighted by Gasteiger charge is 2.27. The lowest BCUT2D eigenvalue weighted by molar-refractivity contribution is -0.142. The second-order valence-corrected chi connectivity index (χ2v) is 18.5. The molecule has 0 heterocycles. The second-order valence-electron chi connectivity index (χ2n) is 18.5. The van der Waals surface area contributed by atoms with Crippen molar-refractivity contribution in [3.8, 4) is 5.75 Å². The number of carboxylic acid groups (broad SMARTS) is 2. The number of carbonyl (C=O) groups excluding carboxylic acids is 6. The highest BCUT2D eigenvalue weighted by Crippen LogP contribution is 2.23. The van der Waals surface area contributed by atoms with Gasteiger partial charge in [0.1, 0.15) is 23.4 Å². The van der Waals surface area contributed by atoms with Gasteiger partial charge in [-0.1, -0.05) is 116 Å². The molecule has 0 saturated carbocycles. The third kappa shape index (κ3) is 32.8. The van der Waals surface area contributed by atoms with Crippen LogP contribution >= 0.6 is 0 Å². The first-order chi connectivity index (χ1) is 31.6. The number of benzene rings is 1. The van der Waals surface area contributed by atoms with E-state index in [2.05, 4.69) is 16.0 Å². The predicted molar refractivity (Wildman–Crippen MR) is 260 cm³/mol. The maximum absolute atomic E-state index is 13.4. The van der Waals surface area contributed by atoms with E-state index in [1.54, 1.807) is 12.1 Å². The maximum atomic E-state index is 13.4. The number of unbranched alkanes of at least 4 members (excludes halogenated alkanes) is 16. The molecule has 0 bridgehead atoms. The first kappa shape index (κ1) is 59.2. The molecular formula is C51H88N4O11. The average molecular weight is 933 g/mol. The molecule has 3 atom stereocenters. The average Bonchev–Trinajstić information content (AvgIpc) is 3.25. The number of carbonyl (C=O) groups is 8. The van der Waals surface area contributed by atoms with Crippen LogP contribution in [0.2, 0.25) is 0 Å². The zero-order valence-electron chi connectivity index (χ0n) is 40.2. The van der Waals surface area contributed by atoms with Crippen molar-refractivity contribution >= 4 is 47.1 Å². The van der Waals surface area contributed by atoms with Gasteiger partial charge in [-0.05, 0) is 75.0 Å². The van der Waals surface area contributed by atoms with Gasteiger partial charge in [0, 0.05) is 72.7 Å². The van der Waals surface area contributed by atoms with Crippen molar-refractivity contribution in [2.75, 3.05) is 13.1 Å². The van der Waals surface area contributed by atoms with Gasteiger partial charge in [-0.15, -0.1) is 0 Å². The summed E-state index contributed by atoms with van der Waals surface area (Å²) in [6.45, 7) is 4.69. The van der Waals surface area contributed by atoms with Gasteiger partial charge in [0.25, 0.3) is 0 Å². The predicted octanol–water partition coefficient (Wildman–Crippen LogP) is 8.75. The number of rotatable bonds is 43. The lowest BCUT2D eigenvalue weighted by atomic mass is 9.84. The Bertz CT molecular complexity index is 1600. The van der Waals surface area contributed by atoms with E-state index in [9.17, 15) is 48.6 Å². The molecule has 0 radical (unpaired) electrons. The standard InChI is InChI=1S/C51H84N4O11.2H2/c1-38(2)34-43(57)36-40(45(58)37-41(50(52)64)35-39-26-28-42(56)29-27-39)22-19-21-33-53-46(59)23-17-15-20-32-54-47(60)31-30-44(51(65)66)55-48(61)24-16-13-11-9-7-5-3-4-6-8-10-12-14-18-25-49(62)63;;/h26-29,38,40-41,44,56H,3-25,30-37H2,1-2H3,(H2,52,64)(H,53,59)(H,54,60)(H,55,61)(H,62,63)(H,65,66);2*1H/t40-,41-,44+;;/m1../s1. The number of phenolic OH excluding ortho intramolecular Hbond substituents is 1. The van der Waals surface area contributed by atoms with Crippen molar-refractivity contribution in [1.82, 2.24) is 16.0 Å². The number of amides is 4. The molecule has 0 aliphatic rings. The van der Waals surface area contributed by atoms with Crippen LogP contribution in [-0.2, 0) is 44.8 Å². The summed E-state index contributed by atoms with van der Waals surface area (Å²) in [7, 11) is 0. The molecule has 15 heteroatoms. The number of aromatic hydroxyl groups is 1. The van der Waals surface area contributed by atoms with Crippen LogP contribution in [0.4, 0.5) is 0 Å². The van der Waals surface area contributed by atoms with Crippen molar-refractivity contribution in [2.24, 2.45) is 23.5 Å². The van der Waals surface area contributed by atoms with Crippen LogP contribution in [0.3, 0.4) is 0 Å². The number of nitrogens with two attached hydrogens (primary N) is 1. The lowest BCUT2D eigenvalue weighted by Gasteiger charge is -2.19. The summed E-state index contributed by atoms with van der Waals surface area (Å²) >= 11 is 0. The van der Waals surface area contributed by atoms with Crippen LogP contribution in [0.1, 0.15) is 202 Å². The van der Waals surface area contributed by atoms with Crippen LogP contribution in [0, 0.1) is 17.8 Å². The molecule has 15 nitrogen and oxygen atoms in total. The van der Waals surface area contributed by atoms with E-state index in [4.69, 9.17) is 10.8 Å². The Labute approximate surface area is 396 Å². The quantitative estimate of drug-likeness (QED) is 0.0305. The number of Topliss-reactive ketones (excluding diaryl/α,β-unsaturated/α-hetero) is 2. The SMILES string of the molecule is CC(C)CC(=O)C[C@@H](CCCCNC(=O)CCCCCNC(=O)CC[C@H](NC(=O)CCCCCCCCCCCCCCCCC(=O)O)C(=O)O)C(=O)C[C@@H](Cc1ccc(O)cc1)C(N)=O.[HH].[HH]. The second kappa shape index (κ2) is 37.3. The van der Waals surface area contributed by atoms with Crippen LogP contribution in [0.25, 0.3) is 0 Å². The fourth-order valence-electron chi connectivity index (χ4n) is 8.01. The fourth-order valence-corrected chi connectivity index (χ4v) is 8.01. The summed E-state index contributed by atoms with van der Waals surface area (Å²) in [5, 5.41) is 36.1. The Morgan fingerprint density at radius 1 is 0.545 bits per heavy atom. The van der Waals surface area contributed by atoms with Gasteiger partial charge >= 0.3 is 11.9 Å². The van der Waals surface area contributed by atoms with Crippen molar-refractivity contribution in [2.45, 2.75) is 206 Å². The summed E-state index contributed by atoms with van der Waals surface area (Å²) in [6.07, 6.45) is 20.1. The minimum absolute atomic E-state index is 0. The fraction of sp³-hybridized carbons (Fsp3) is 0.725. The van der Waals surface area contributed by atoms with Crippen LogP contribution in [-0.4, -0.2) is 81.6 Å². The number of nitrogens with one attached hydrogen (secondary N) is 3. The van der Waals surface area contributed by atoms with Crippen molar-refractivity contribution < 1.29 is 56.5 Å². The molecule has 1 rings (SSSR count). The third-order valence-corrected chi connectivity index (χ3v) is 11.9. The molecule has 0 saturated heterocycles. The highest BCUT2D eigenvalue weighted by atomic mass is 16.4. The third-order valence-electron chi connectivity index (χ3n) is 11.9. The molecule has 0 aliphatic heterocycles. The molecule has 0 aromatic heterocycles. The molecule has 1 aromatic rings. The Balaban J connectivity index is 0. The van der Waals surface area contributed by atoms with E-state index < -0.39 is 35.7 Å². The van der Waals surface area contributed by atoms with E-state index >= 15 is 0 Å². The molecular weight excluding hydrogens is 845 g/mol. The Hall–Kier alpha value is -4.82. The Morgan fingerprint density at radius 2 is 1.02 bits per heavy atom. The van der Waals surface area contributed by atoms with Crippen molar-refractivity contribution in [3.05, 3.63) is 29.8 Å². The highest BCUT2D eigenvalue weighted by molar-refractivity contribution is 5.91. The number of ketones is 2. The molecule has 0 spiro atoms. The molecule has 8 N–H and O–H groups in total. The first-order valence-corrected chi connectivity index (χ1v) is 25.0. The Morgan fingerprint density at radius 3 is 1.52 bits per heavy atom. The van der Waals surface area contributed by atoms with Crippen LogP contribution in [0.15, 0.2) is 24.3 Å². The summed E-state index contributed by atoms with van der Waals surface area (Å²) < 4.78 is 0. The monoisotopic (exact) mass is 933 g/mol. The molecule has 0 aliphatic carbocycles. The zero-order chi connectivity index (χ0) is 49.0. The lowest BCUT2D eigenvalue weighted by Crippen LogP contribution is -2.41. The van der Waals surface area contributed by atoms with E-state index in [-0.39, 0.29) is 88.8 Å². The van der Waals surface area contributed by atoms with Gasteiger partial charge in [0.15, 0.2) is 0 Å². The topological polar surface area (TPSA) is 259 Å². The summed E-state index contributed by atoms with van der Waals surface area (Å²) in [5.41, 5.74) is 6.42. The molecule has 66 heavy (non-hydrogen) atoms. The van der Waals surface area contributed by atoms with Crippen LogP contribution < -0.4 is 21.7 Å². The summed E-state index contributed by atoms with van der Waals surface area (Å²) in [5.74, 6) is -4.43. The van der Waals surface area contributed by atoms with Gasteiger partial charge in [0.2, 0.25) is 23.6 Å². The normalized spacial score (nSPS) is 12.5. The minimum atomic E-state index is -1.17. The Kier molecular flexibility index (Phi) is 33.4. The maximum Gasteiger partial charge on any atom is 0.326 e. The number of phenols is 1. The number of primary amides is 1. The number of carboxylic acids is 2. The van der Waals surface area contributed by atoms with Gasteiger partial charge in [-0.25, -0.2) is 4.79 Å². The largest absolute Gasteiger partial charge is 0.508 e. The number of hydrogen-bond donors (Lipinski definition) is 7. The van der Waals surface area contributed by atoms with Crippen molar-refractivity contribution in [1.29, 1.82) is 0 Å². The summed E-state index contributed by atoms with van der Waals surface area (Å²) in [6, 6.07) is 5.24. The van der Waals surface area contributed by atoms with E-state index in [1.807, 2.05) is 13.8 Å². The molecule has 4 amide bonds. The molecule has 0 unspecified atom stereocenters. The van der Waals surface area contributed by atoms with Gasteiger partial charge in [-0.2, -0.15) is 0 Å². The molecule has 0 fully saturated rings. The smallest absolute Gasteiger partial charge is 0.326 e. The molecule has 1 aromatic carbocycles. The summed E-state index contributed by atoms with van der Waals surface area (Å²) in [4.78, 5) is 97.9.